The van der Waals surface area contributed by atoms with Gasteiger partial charge in [0.1, 0.15) is 30.7 Å². The van der Waals surface area contributed by atoms with Gasteiger partial charge in [-0.15, -0.1) is 0 Å². The van der Waals surface area contributed by atoms with Crippen LogP contribution in [0.15, 0.2) is 77.8 Å². The number of nitrogens with zero attached hydrogens (tertiary/aromatic N) is 2. The van der Waals surface area contributed by atoms with E-state index in [0.717, 1.165) is 87.8 Å². The van der Waals surface area contributed by atoms with Gasteiger partial charge in [0.15, 0.2) is 12.3 Å². The second-order valence-corrected chi connectivity index (χ2v) is 20.4. The third-order valence-electron chi connectivity index (χ3n) is 11.1. The average Bonchev–Trinajstić information content (AvgIpc) is 3.61. The molecule has 71 heavy (non-hydrogen) atoms. The van der Waals surface area contributed by atoms with Gasteiger partial charge in [-0.2, -0.15) is 9.29 Å². The van der Waals surface area contributed by atoms with E-state index in [1.807, 2.05) is 18.2 Å². The molecule has 7 N–H and O–H groups in total. The van der Waals surface area contributed by atoms with Crippen LogP contribution in [-0.2, 0) is 46.3 Å². The van der Waals surface area contributed by atoms with Crippen LogP contribution in [0.3, 0.4) is 0 Å². The van der Waals surface area contributed by atoms with Crippen LogP contribution in [0.2, 0.25) is 0 Å². The highest BCUT2D eigenvalue weighted by Crippen LogP contribution is 2.60. The lowest BCUT2D eigenvalue weighted by Crippen LogP contribution is -2.36. The van der Waals surface area contributed by atoms with Crippen molar-refractivity contribution < 1.29 is 71.4 Å². The molecule has 7 atom stereocenters. The van der Waals surface area contributed by atoms with E-state index < -0.39 is 83.7 Å². The van der Waals surface area contributed by atoms with Gasteiger partial charge >= 0.3 is 33.3 Å². The van der Waals surface area contributed by atoms with Crippen molar-refractivity contribution in [3.8, 4) is 0 Å². The lowest BCUT2D eigenvalue weighted by molar-refractivity contribution is -0.161. The van der Waals surface area contributed by atoms with Crippen molar-refractivity contribution in [1.29, 1.82) is 0 Å². The molecule has 2 unspecified atom stereocenters. The largest absolute Gasteiger partial charge is 0.481 e. The third kappa shape index (κ3) is 31.6. The maximum Gasteiger partial charge on any atom is 0.481 e. The lowest BCUT2D eigenvalue weighted by Gasteiger charge is -2.21. The maximum absolute atomic E-state index is 12.8. The summed E-state index contributed by atoms with van der Waals surface area (Å²) < 4.78 is 56.7. The van der Waals surface area contributed by atoms with Gasteiger partial charge in [-0.1, -0.05) is 125 Å². The number of anilines is 1. The molecule has 1 aliphatic heterocycles. The van der Waals surface area contributed by atoms with Crippen LogP contribution in [0.5, 0.6) is 0 Å². The molecule has 0 aromatic carbocycles. The van der Waals surface area contributed by atoms with E-state index in [2.05, 4.69) is 58.8 Å². The summed E-state index contributed by atoms with van der Waals surface area (Å²) in [5.74, 6) is -1.39. The summed E-state index contributed by atoms with van der Waals surface area (Å²) in [5.41, 5.74) is 4.58. The Bertz CT molecular complexity index is 1920. The number of unbranched alkanes of at least 4 members (excludes halogenated alkanes) is 15. The smallest absolute Gasteiger partial charge is 0.462 e. The quantitative estimate of drug-likeness (QED) is 0.0154. The predicted octanol–water partition coefficient (Wildman–Crippen LogP) is 9.31. The summed E-state index contributed by atoms with van der Waals surface area (Å²) in [6, 6.07) is 1.24. The molecular formula is C50H83N3O16P2. The second-order valence-electron chi connectivity index (χ2n) is 17.4. The predicted molar refractivity (Wildman–Crippen MR) is 272 cm³/mol. The number of rotatable bonds is 42. The van der Waals surface area contributed by atoms with Crippen molar-refractivity contribution in [3.05, 3.63) is 83.5 Å². The standard InChI is InChI=1S/C50H83N3O16P2/c1-2-3-4-5-6-7-8-9-13-16-19-22-25-28-31-34-45(55)64-39-42(67-46(56)35-32-29-26-23-20-17-14-11-10-12-15-18-21-24-27-30-33-38-54)40-65-70(60,61)69-71(62,63)66-41-43-47(57)48(58)49(68-43)53-37-36-44(51)52-50(53)59/h9-10,12-14,17-18,21,23,26,36-37,42-43,47-49,54,57-58H,2-8,11,15-16,19-20,22,24-25,27-35,38-41H2,1H3,(H,60,61)(H,62,63)(H2,51,52,59)/b12-10-,13-9-,17-14-,21-18-,26-23-/t42-,43-,47-,48-,49-/m1/s1. The number of hydrogen-bond acceptors (Lipinski definition) is 16. The molecule has 0 saturated carbocycles. The van der Waals surface area contributed by atoms with Crippen molar-refractivity contribution in [2.75, 3.05) is 32.2 Å². The number of aliphatic hydroxyl groups is 3. The van der Waals surface area contributed by atoms with Gasteiger partial charge in [0, 0.05) is 25.6 Å². The molecule has 404 valence electrons. The van der Waals surface area contributed by atoms with Crippen LogP contribution in [0.1, 0.15) is 167 Å². The first-order valence-corrected chi connectivity index (χ1v) is 28.4. The summed E-state index contributed by atoms with van der Waals surface area (Å²) in [6.45, 7) is 0.0862. The minimum atomic E-state index is -5.44. The molecule has 1 aromatic rings. The van der Waals surface area contributed by atoms with Crippen LogP contribution in [0.4, 0.5) is 5.82 Å². The summed E-state index contributed by atoms with van der Waals surface area (Å²) >= 11 is 0. The normalized spacial score (nSPS) is 19.6. The van der Waals surface area contributed by atoms with Crippen molar-refractivity contribution in [3.63, 3.8) is 0 Å². The monoisotopic (exact) mass is 1040 g/mol. The number of carbonyl (C=O) groups is 2. The molecule has 2 heterocycles. The van der Waals surface area contributed by atoms with Gasteiger partial charge in [0.05, 0.1) is 13.2 Å². The van der Waals surface area contributed by atoms with Crippen LogP contribution in [0, 0.1) is 0 Å². The summed E-state index contributed by atoms with van der Waals surface area (Å²) in [7, 11) is -10.9. The minimum absolute atomic E-state index is 0.0392. The minimum Gasteiger partial charge on any atom is -0.462 e. The zero-order valence-electron chi connectivity index (χ0n) is 41.7. The lowest BCUT2D eigenvalue weighted by atomic mass is 10.1. The number of carbonyl (C=O) groups excluding carboxylic acids is 2. The van der Waals surface area contributed by atoms with E-state index in [1.54, 1.807) is 0 Å². The van der Waals surface area contributed by atoms with Crippen LogP contribution >= 0.6 is 15.6 Å². The topological polar surface area (TPSA) is 286 Å². The highest BCUT2D eigenvalue weighted by molar-refractivity contribution is 7.61. The van der Waals surface area contributed by atoms with E-state index in [4.69, 9.17) is 34.1 Å². The Hall–Kier alpha value is -3.58. The van der Waals surface area contributed by atoms with E-state index in [1.165, 1.54) is 44.6 Å². The number of ether oxygens (including phenoxy) is 3. The highest BCUT2D eigenvalue weighted by Gasteiger charge is 2.46. The number of phosphoric ester groups is 2. The fraction of sp³-hybridized carbons (Fsp3) is 0.680. The molecule has 0 bridgehead atoms. The Labute approximate surface area is 420 Å². The fourth-order valence-corrected chi connectivity index (χ4v) is 9.27. The molecule has 0 spiro atoms. The molecule has 1 fully saturated rings. The first-order chi connectivity index (χ1) is 34.2. The number of aromatic nitrogens is 2. The molecule has 0 aliphatic carbocycles. The van der Waals surface area contributed by atoms with E-state index in [0.29, 0.717) is 25.7 Å². The average molecular weight is 1040 g/mol. The second kappa shape index (κ2) is 39.0. The number of phosphoric acid groups is 2. The van der Waals surface area contributed by atoms with Gasteiger partial charge in [0.25, 0.3) is 0 Å². The third-order valence-corrected chi connectivity index (χ3v) is 13.7. The molecule has 0 amide bonds. The Balaban J connectivity index is 1.83. The summed E-state index contributed by atoms with van der Waals surface area (Å²) in [4.78, 5) is 61.9. The number of nitrogens with two attached hydrogens (primary N) is 1. The first kappa shape index (κ1) is 63.5. The van der Waals surface area contributed by atoms with Crippen molar-refractivity contribution in [1.82, 2.24) is 9.55 Å². The number of nitrogen functional groups attached to an aromatic ring is 1. The van der Waals surface area contributed by atoms with Crippen molar-refractivity contribution in [2.24, 2.45) is 0 Å². The van der Waals surface area contributed by atoms with Crippen molar-refractivity contribution >= 4 is 33.4 Å². The van der Waals surface area contributed by atoms with Crippen LogP contribution in [-0.4, -0.2) is 97.4 Å². The maximum atomic E-state index is 12.8. The number of aliphatic hydroxyl groups excluding tert-OH is 3. The molecule has 0 radical (unpaired) electrons. The molecule has 1 aromatic heterocycles. The zero-order chi connectivity index (χ0) is 52.0. The number of esters is 2. The van der Waals surface area contributed by atoms with Crippen LogP contribution < -0.4 is 11.4 Å². The molecule has 21 heteroatoms. The summed E-state index contributed by atoms with van der Waals surface area (Å²) in [6.07, 6.45) is 36.1. The molecule has 1 saturated heterocycles. The molecule has 1 aliphatic rings. The fourth-order valence-electron chi connectivity index (χ4n) is 7.16. The number of allylic oxidation sites excluding steroid dienone is 10. The van der Waals surface area contributed by atoms with Crippen LogP contribution in [0.25, 0.3) is 0 Å². The van der Waals surface area contributed by atoms with E-state index >= 15 is 0 Å². The zero-order valence-corrected chi connectivity index (χ0v) is 43.5. The van der Waals surface area contributed by atoms with Gasteiger partial charge in [-0.3, -0.25) is 23.2 Å². The Kier molecular flexibility index (Phi) is 34.9. The first-order valence-electron chi connectivity index (χ1n) is 25.4. The molecular weight excluding hydrogens is 961 g/mol. The van der Waals surface area contributed by atoms with E-state index in [9.17, 15) is 43.5 Å². The van der Waals surface area contributed by atoms with Gasteiger partial charge in [0.2, 0.25) is 0 Å². The molecule has 19 nitrogen and oxygen atoms in total. The molecule has 2 rings (SSSR count). The van der Waals surface area contributed by atoms with Crippen molar-refractivity contribution in [2.45, 2.75) is 192 Å². The summed E-state index contributed by atoms with van der Waals surface area (Å²) in [5, 5.41) is 29.7. The van der Waals surface area contributed by atoms with Gasteiger partial charge in [-0.25, -0.2) is 13.9 Å². The Morgan fingerprint density at radius 2 is 1.21 bits per heavy atom. The highest BCUT2D eigenvalue weighted by atomic mass is 31.3. The Morgan fingerprint density at radius 3 is 1.80 bits per heavy atom. The SMILES string of the molecule is CCCCCCCC/C=C\CCCCCCCC(=O)OC[C@H](COP(=O)(O)OP(=O)(O)OC[C@H]1O[C@@H](n2ccc(N)nc2=O)[C@H](O)[C@@H]1O)OC(=O)CCC/C=C\C/C=C\C/C=C\C/C=C\CCCCCO. The Morgan fingerprint density at radius 1 is 0.704 bits per heavy atom. The van der Waals surface area contributed by atoms with Gasteiger partial charge in [-0.05, 0) is 89.5 Å². The van der Waals surface area contributed by atoms with E-state index in [-0.39, 0.29) is 25.3 Å². The number of hydrogen-bond donors (Lipinski definition) is 6. The van der Waals surface area contributed by atoms with Gasteiger partial charge < -0.3 is 45.1 Å².